The summed E-state index contributed by atoms with van der Waals surface area (Å²) in [5.74, 6) is -1.64. The van der Waals surface area contributed by atoms with Crippen molar-refractivity contribution < 1.29 is 18.8 Å². The summed E-state index contributed by atoms with van der Waals surface area (Å²) in [5, 5.41) is 17.0. The normalized spacial score (nSPS) is 19.7. The third-order valence-corrected chi connectivity index (χ3v) is 6.84. The van der Waals surface area contributed by atoms with Crippen molar-refractivity contribution in [2.24, 2.45) is 11.5 Å². The van der Waals surface area contributed by atoms with E-state index in [1.807, 2.05) is 6.07 Å². The molecule has 0 unspecified atom stereocenters. The van der Waals surface area contributed by atoms with Crippen LogP contribution in [0.5, 0.6) is 0 Å². The lowest BCUT2D eigenvalue weighted by Gasteiger charge is -2.30. The number of nitrogens with two attached hydrogens (primary N) is 2. The van der Waals surface area contributed by atoms with Gasteiger partial charge in [0.1, 0.15) is 5.82 Å². The summed E-state index contributed by atoms with van der Waals surface area (Å²) in [7, 11) is 0. The van der Waals surface area contributed by atoms with Crippen molar-refractivity contribution in [3.05, 3.63) is 42.2 Å². The van der Waals surface area contributed by atoms with Gasteiger partial charge in [0.15, 0.2) is 17.2 Å². The minimum atomic E-state index is -0.955. The maximum absolute atomic E-state index is 14.0. The van der Waals surface area contributed by atoms with Crippen LogP contribution in [0.15, 0.2) is 30.7 Å². The van der Waals surface area contributed by atoms with Gasteiger partial charge in [-0.15, -0.1) is 5.10 Å². The zero-order valence-electron chi connectivity index (χ0n) is 21.2. The van der Waals surface area contributed by atoms with Crippen LogP contribution in [-0.2, 0) is 9.59 Å². The molecule has 2 saturated carbocycles. The molecule has 3 aromatic rings. The second-order valence-corrected chi connectivity index (χ2v) is 10.0. The lowest BCUT2D eigenvalue weighted by molar-refractivity contribution is -0.127. The summed E-state index contributed by atoms with van der Waals surface area (Å²) in [5.41, 5.74) is 12.3. The van der Waals surface area contributed by atoms with Gasteiger partial charge in [-0.3, -0.25) is 19.4 Å². The first kappa shape index (κ1) is 26.3. The molecule has 0 bridgehead atoms. The fourth-order valence-electron chi connectivity index (χ4n) is 4.62. The molecule has 0 saturated heterocycles. The Morgan fingerprint density at radius 1 is 1.03 bits per heavy atom. The molecular formula is C25H31FN10O3. The van der Waals surface area contributed by atoms with E-state index in [1.165, 1.54) is 23.0 Å². The average Bonchev–Trinajstić information content (AvgIpc) is 3.61. The first-order valence-electron chi connectivity index (χ1n) is 12.9. The predicted octanol–water partition coefficient (Wildman–Crippen LogP) is 1.13. The number of nitrogens with zero attached hydrogens (tertiary/aromatic N) is 4. The molecule has 0 aromatic carbocycles. The molecule has 2 fully saturated rings. The molecule has 13 nitrogen and oxygen atoms in total. The highest BCUT2D eigenvalue weighted by molar-refractivity contribution is 6.03. The maximum Gasteiger partial charge on any atom is 0.276 e. The highest BCUT2D eigenvalue weighted by Gasteiger charge is 2.27. The fraction of sp³-hybridized carbons (Fsp3) is 0.440. The summed E-state index contributed by atoms with van der Waals surface area (Å²) in [6.45, 7) is 0. The molecule has 3 amide bonds. The molecule has 5 rings (SSSR count). The number of amides is 3. The first-order valence-corrected chi connectivity index (χ1v) is 12.9. The zero-order valence-corrected chi connectivity index (χ0v) is 21.2. The summed E-state index contributed by atoms with van der Waals surface area (Å²) in [6, 6.07) is 2.67. The van der Waals surface area contributed by atoms with Gasteiger partial charge in [0, 0.05) is 30.4 Å². The Morgan fingerprint density at radius 3 is 2.41 bits per heavy atom. The van der Waals surface area contributed by atoms with Gasteiger partial charge in [-0.1, -0.05) is 0 Å². The van der Waals surface area contributed by atoms with Crippen LogP contribution in [0.25, 0.3) is 5.65 Å². The van der Waals surface area contributed by atoms with Crippen molar-refractivity contribution in [2.45, 2.75) is 69.1 Å². The highest BCUT2D eigenvalue weighted by Crippen LogP contribution is 2.30. The van der Waals surface area contributed by atoms with E-state index >= 15 is 0 Å². The summed E-state index contributed by atoms with van der Waals surface area (Å²) in [4.78, 5) is 44.4. The number of pyridine rings is 1. The zero-order chi connectivity index (χ0) is 27.5. The van der Waals surface area contributed by atoms with Gasteiger partial charge in [-0.05, 0) is 44.6 Å². The number of carbonyl (C=O) groups excluding carboxylic acids is 3. The van der Waals surface area contributed by atoms with Gasteiger partial charge in [-0.2, -0.15) is 0 Å². The van der Waals surface area contributed by atoms with E-state index < -0.39 is 23.7 Å². The van der Waals surface area contributed by atoms with Gasteiger partial charge in [0.2, 0.25) is 11.8 Å². The molecule has 14 heteroatoms. The molecule has 8 N–H and O–H groups in total. The van der Waals surface area contributed by atoms with E-state index in [1.54, 1.807) is 0 Å². The van der Waals surface area contributed by atoms with Crippen LogP contribution in [0, 0.1) is 5.82 Å². The van der Waals surface area contributed by atoms with E-state index in [0.717, 1.165) is 50.4 Å². The van der Waals surface area contributed by atoms with Crippen molar-refractivity contribution in [2.75, 3.05) is 16.0 Å². The third kappa shape index (κ3) is 6.39. The SMILES string of the molecule is NC(=O)C[C@@H](N)C(=O)N[C@H]1CC[C@H](Nc2cc(NC3CC3)c3ncc(C(=O)Nc4ccncc4F)n3n2)CC1. The molecule has 2 aliphatic carbocycles. The minimum absolute atomic E-state index is 0.00925. The molecule has 3 heterocycles. The van der Waals surface area contributed by atoms with Crippen LogP contribution < -0.4 is 32.7 Å². The standard InChI is InChI=1S/C25H31FN10O3/c26-16-11-29-8-7-18(16)34-25(39)20-12-30-23-19(31-13-1-2-13)10-22(35-36(20)23)32-14-3-5-15(6-4-14)33-24(38)17(27)9-21(28)37/h7-8,10-15,17,31H,1-6,9,27H2,(H2,28,37)(H,32,35)(H,33,38)(H,29,34,39)/t14-,15-,17-/m1/s1. The van der Waals surface area contributed by atoms with Crippen LogP contribution in [-0.4, -0.2) is 61.5 Å². The van der Waals surface area contributed by atoms with Crippen molar-refractivity contribution in [3.63, 3.8) is 0 Å². The molecule has 206 valence electrons. The monoisotopic (exact) mass is 538 g/mol. The number of anilines is 3. The predicted molar refractivity (Wildman–Crippen MR) is 141 cm³/mol. The van der Waals surface area contributed by atoms with Gasteiger partial charge in [0.05, 0.1) is 36.2 Å². The van der Waals surface area contributed by atoms with Gasteiger partial charge >= 0.3 is 0 Å². The molecule has 0 aliphatic heterocycles. The number of hydrogen-bond acceptors (Lipinski definition) is 9. The van der Waals surface area contributed by atoms with Crippen LogP contribution in [0.4, 0.5) is 21.6 Å². The van der Waals surface area contributed by atoms with E-state index in [9.17, 15) is 18.8 Å². The van der Waals surface area contributed by atoms with Gasteiger partial charge in [0.25, 0.3) is 5.91 Å². The number of primary amides is 1. The second-order valence-electron chi connectivity index (χ2n) is 10.0. The summed E-state index contributed by atoms with van der Waals surface area (Å²) in [6.07, 6.45) is 8.70. The Hall–Kier alpha value is -4.33. The highest BCUT2D eigenvalue weighted by atomic mass is 19.1. The van der Waals surface area contributed by atoms with Crippen LogP contribution in [0.3, 0.4) is 0 Å². The summed E-state index contributed by atoms with van der Waals surface area (Å²) < 4.78 is 15.5. The number of fused-ring (bicyclic) bond motifs is 1. The van der Waals surface area contributed by atoms with E-state index in [4.69, 9.17) is 11.5 Å². The van der Waals surface area contributed by atoms with Gasteiger partial charge in [-0.25, -0.2) is 13.9 Å². The number of aromatic nitrogens is 4. The van der Waals surface area contributed by atoms with Gasteiger partial charge < -0.3 is 32.7 Å². The quantitative estimate of drug-likeness (QED) is 0.219. The smallest absolute Gasteiger partial charge is 0.276 e. The molecule has 2 aliphatic rings. The maximum atomic E-state index is 14.0. The van der Waals surface area contributed by atoms with Crippen molar-refractivity contribution in [1.29, 1.82) is 0 Å². The number of halogens is 1. The largest absolute Gasteiger partial charge is 0.379 e. The minimum Gasteiger partial charge on any atom is -0.379 e. The fourth-order valence-corrected chi connectivity index (χ4v) is 4.62. The number of carbonyl (C=O) groups is 3. The topological polar surface area (TPSA) is 194 Å². The van der Waals surface area contributed by atoms with Crippen molar-refractivity contribution in [1.82, 2.24) is 24.9 Å². The van der Waals surface area contributed by atoms with Crippen molar-refractivity contribution in [3.8, 4) is 0 Å². The Labute approximate surface area is 223 Å². The van der Waals surface area contributed by atoms with Crippen LogP contribution in [0.1, 0.15) is 55.4 Å². The lowest BCUT2D eigenvalue weighted by Crippen LogP contribution is -2.48. The second kappa shape index (κ2) is 11.2. The number of rotatable bonds is 10. The molecule has 39 heavy (non-hydrogen) atoms. The number of hydrogen-bond donors (Lipinski definition) is 6. The Morgan fingerprint density at radius 2 is 1.72 bits per heavy atom. The molecule has 0 radical (unpaired) electrons. The summed E-state index contributed by atoms with van der Waals surface area (Å²) >= 11 is 0. The molecular weight excluding hydrogens is 507 g/mol. The van der Waals surface area contributed by atoms with Crippen molar-refractivity contribution >= 4 is 40.6 Å². The van der Waals surface area contributed by atoms with Crippen LogP contribution >= 0.6 is 0 Å². The average molecular weight is 539 g/mol. The molecule has 3 aromatic heterocycles. The third-order valence-electron chi connectivity index (χ3n) is 6.84. The number of nitrogens with one attached hydrogen (secondary N) is 4. The Bertz CT molecular complexity index is 1380. The molecule has 1 atom stereocenters. The Balaban J connectivity index is 1.28. The van der Waals surface area contributed by atoms with E-state index in [-0.39, 0.29) is 35.8 Å². The first-order chi connectivity index (χ1) is 18.8. The lowest BCUT2D eigenvalue weighted by atomic mass is 9.91. The van der Waals surface area contributed by atoms with E-state index in [0.29, 0.717) is 17.5 Å². The molecule has 0 spiro atoms. The Kier molecular flexibility index (Phi) is 7.54. The number of imidazole rings is 1. The van der Waals surface area contributed by atoms with Crippen LogP contribution in [0.2, 0.25) is 0 Å². The van der Waals surface area contributed by atoms with E-state index in [2.05, 4.69) is 36.3 Å².